The second kappa shape index (κ2) is 9.00. The third kappa shape index (κ3) is 4.86. The molecule has 1 amide bonds. The number of rotatable bonds is 6. The van der Waals surface area contributed by atoms with Crippen LogP contribution >= 0.6 is 0 Å². The van der Waals surface area contributed by atoms with Crippen molar-refractivity contribution in [2.45, 2.75) is 19.9 Å². The Morgan fingerprint density at radius 2 is 1.43 bits per heavy atom. The zero-order chi connectivity index (χ0) is 19.9. The van der Waals surface area contributed by atoms with E-state index >= 15 is 0 Å². The van der Waals surface area contributed by atoms with Crippen molar-refractivity contribution in [2.75, 3.05) is 6.61 Å². The molecule has 1 N–H and O–H groups in total. The van der Waals surface area contributed by atoms with E-state index in [9.17, 15) is 9.59 Å². The standard InChI is InChI=1S/C24H23NO3/c1-17-13-14-21(18(2)15-17)24(27)28-16-22(26)25-23(19-9-5-3-6-10-19)20-11-7-4-8-12-20/h3-15,23H,16H2,1-2H3,(H,25,26). The largest absolute Gasteiger partial charge is 0.452 e. The van der Waals surface area contributed by atoms with Crippen molar-refractivity contribution in [3.8, 4) is 0 Å². The van der Waals surface area contributed by atoms with Gasteiger partial charge in [0.25, 0.3) is 5.91 Å². The van der Waals surface area contributed by atoms with Crippen LogP contribution in [-0.4, -0.2) is 18.5 Å². The molecular weight excluding hydrogens is 350 g/mol. The molecule has 3 rings (SSSR count). The van der Waals surface area contributed by atoms with Gasteiger partial charge in [0, 0.05) is 0 Å². The fourth-order valence-electron chi connectivity index (χ4n) is 3.10. The second-order valence-corrected chi connectivity index (χ2v) is 6.72. The van der Waals surface area contributed by atoms with Crippen LogP contribution < -0.4 is 5.32 Å². The molecule has 0 radical (unpaired) electrons. The van der Waals surface area contributed by atoms with Crippen LogP contribution in [0.5, 0.6) is 0 Å². The van der Waals surface area contributed by atoms with Crippen LogP contribution in [0.25, 0.3) is 0 Å². The summed E-state index contributed by atoms with van der Waals surface area (Å²) in [5.41, 5.74) is 4.30. The van der Waals surface area contributed by atoms with Gasteiger partial charge in [0.1, 0.15) is 0 Å². The van der Waals surface area contributed by atoms with Crippen LogP contribution in [-0.2, 0) is 9.53 Å². The molecule has 0 aliphatic heterocycles. The van der Waals surface area contributed by atoms with E-state index in [0.717, 1.165) is 22.3 Å². The number of nitrogens with one attached hydrogen (secondary N) is 1. The normalized spacial score (nSPS) is 10.5. The molecule has 0 unspecified atom stereocenters. The first kappa shape index (κ1) is 19.4. The van der Waals surface area contributed by atoms with Gasteiger partial charge in [-0.05, 0) is 36.6 Å². The maximum atomic E-state index is 12.5. The minimum absolute atomic E-state index is 0.310. The van der Waals surface area contributed by atoms with Crippen molar-refractivity contribution in [3.05, 3.63) is 107 Å². The van der Waals surface area contributed by atoms with Gasteiger partial charge in [-0.2, -0.15) is 0 Å². The molecule has 142 valence electrons. The smallest absolute Gasteiger partial charge is 0.338 e. The SMILES string of the molecule is Cc1ccc(C(=O)OCC(=O)NC(c2ccccc2)c2ccccc2)c(C)c1. The molecule has 4 heteroatoms. The Labute approximate surface area is 165 Å². The molecule has 28 heavy (non-hydrogen) atoms. The van der Waals surface area contributed by atoms with E-state index in [1.807, 2.05) is 86.6 Å². The molecule has 0 aliphatic carbocycles. The lowest BCUT2D eigenvalue weighted by Gasteiger charge is -2.20. The fourth-order valence-corrected chi connectivity index (χ4v) is 3.10. The summed E-state index contributed by atoms with van der Waals surface area (Å²) in [4.78, 5) is 24.8. The monoisotopic (exact) mass is 373 g/mol. The van der Waals surface area contributed by atoms with E-state index in [1.165, 1.54) is 0 Å². The van der Waals surface area contributed by atoms with Gasteiger partial charge in [-0.3, -0.25) is 4.79 Å². The molecule has 0 spiro atoms. The molecule has 0 aliphatic rings. The van der Waals surface area contributed by atoms with Gasteiger partial charge < -0.3 is 10.1 Å². The number of amides is 1. The number of ether oxygens (including phenoxy) is 1. The van der Waals surface area contributed by atoms with Gasteiger partial charge in [-0.25, -0.2) is 4.79 Å². The zero-order valence-electron chi connectivity index (χ0n) is 16.0. The van der Waals surface area contributed by atoms with Crippen LogP contribution in [0.2, 0.25) is 0 Å². The average Bonchev–Trinajstić information content (AvgIpc) is 2.71. The minimum Gasteiger partial charge on any atom is -0.452 e. The minimum atomic E-state index is -0.497. The van der Waals surface area contributed by atoms with E-state index in [4.69, 9.17) is 4.74 Å². The van der Waals surface area contributed by atoms with Crippen LogP contribution in [0.3, 0.4) is 0 Å². The zero-order valence-corrected chi connectivity index (χ0v) is 16.0. The van der Waals surface area contributed by atoms with Crippen LogP contribution in [0, 0.1) is 13.8 Å². The lowest BCUT2D eigenvalue weighted by molar-refractivity contribution is -0.124. The molecular formula is C24H23NO3. The molecule has 0 bridgehead atoms. The highest BCUT2D eigenvalue weighted by Gasteiger charge is 2.18. The fraction of sp³-hybridized carbons (Fsp3) is 0.167. The molecule has 0 aromatic heterocycles. The molecule has 0 fully saturated rings. The van der Waals surface area contributed by atoms with Gasteiger partial charge in [0.15, 0.2) is 6.61 Å². The number of carbonyl (C=O) groups is 2. The highest BCUT2D eigenvalue weighted by atomic mass is 16.5. The molecule has 4 nitrogen and oxygen atoms in total. The van der Waals surface area contributed by atoms with E-state index in [1.54, 1.807) is 6.07 Å². The van der Waals surface area contributed by atoms with E-state index < -0.39 is 5.97 Å². The predicted octanol–water partition coefficient (Wildman–Crippen LogP) is 4.37. The second-order valence-electron chi connectivity index (χ2n) is 6.72. The van der Waals surface area contributed by atoms with Gasteiger partial charge in [0.05, 0.1) is 11.6 Å². The van der Waals surface area contributed by atoms with Gasteiger partial charge in [-0.15, -0.1) is 0 Å². The topological polar surface area (TPSA) is 55.4 Å². The Bertz CT molecular complexity index is 913. The molecule has 0 atom stereocenters. The van der Waals surface area contributed by atoms with E-state index in [-0.39, 0.29) is 18.6 Å². The molecule has 3 aromatic carbocycles. The summed E-state index contributed by atoms with van der Waals surface area (Å²) in [7, 11) is 0. The van der Waals surface area contributed by atoms with Gasteiger partial charge in [0.2, 0.25) is 0 Å². The lowest BCUT2D eigenvalue weighted by Crippen LogP contribution is -2.33. The Morgan fingerprint density at radius 1 is 0.857 bits per heavy atom. The Kier molecular flexibility index (Phi) is 6.22. The summed E-state index contributed by atoms with van der Waals surface area (Å²) in [6.07, 6.45) is 0. The van der Waals surface area contributed by atoms with Gasteiger partial charge in [-0.1, -0.05) is 78.4 Å². The summed E-state index contributed by atoms with van der Waals surface area (Å²) >= 11 is 0. The Hall–Kier alpha value is -3.40. The van der Waals surface area contributed by atoms with E-state index in [0.29, 0.717) is 5.56 Å². The first-order valence-electron chi connectivity index (χ1n) is 9.18. The summed E-state index contributed by atoms with van der Waals surface area (Å²) in [5, 5.41) is 2.96. The molecule has 0 saturated heterocycles. The molecule has 3 aromatic rings. The number of aryl methyl sites for hydroxylation is 2. The van der Waals surface area contributed by atoms with Crippen molar-refractivity contribution >= 4 is 11.9 Å². The quantitative estimate of drug-likeness (QED) is 0.653. The maximum Gasteiger partial charge on any atom is 0.338 e. The van der Waals surface area contributed by atoms with E-state index in [2.05, 4.69) is 5.32 Å². The highest BCUT2D eigenvalue weighted by Crippen LogP contribution is 2.21. The van der Waals surface area contributed by atoms with Gasteiger partial charge >= 0.3 is 5.97 Å². The first-order valence-corrected chi connectivity index (χ1v) is 9.18. The van der Waals surface area contributed by atoms with Crippen molar-refractivity contribution in [3.63, 3.8) is 0 Å². The number of benzene rings is 3. The molecule has 0 heterocycles. The maximum absolute atomic E-state index is 12.5. The van der Waals surface area contributed by atoms with Crippen molar-refractivity contribution < 1.29 is 14.3 Å². The highest BCUT2D eigenvalue weighted by molar-refractivity contribution is 5.92. The summed E-state index contributed by atoms with van der Waals surface area (Å²) in [6.45, 7) is 3.48. The number of carbonyl (C=O) groups excluding carboxylic acids is 2. The predicted molar refractivity (Wildman–Crippen MR) is 109 cm³/mol. The number of hydrogen-bond donors (Lipinski definition) is 1. The Morgan fingerprint density at radius 3 is 1.96 bits per heavy atom. The number of hydrogen-bond acceptors (Lipinski definition) is 3. The third-order valence-corrected chi connectivity index (χ3v) is 4.51. The van der Waals surface area contributed by atoms with Crippen molar-refractivity contribution in [1.29, 1.82) is 0 Å². The van der Waals surface area contributed by atoms with Crippen LogP contribution in [0.15, 0.2) is 78.9 Å². The summed E-state index contributed by atoms with van der Waals surface area (Å²) in [6, 6.07) is 24.6. The van der Waals surface area contributed by atoms with Crippen LogP contribution in [0.1, 0.15) is 38.7 Å². The molecule has 0 saturated carbocycles. The van der Waals surface area contributed by atoms with Crippen LogP contribution in [0.4, 0.5) is 0 Å². The van der Waals surface area contributed by atoms with Crippen molar-refractivity contribution in [2.24, 2.45) is 0 Å². The average molecular weight is 373 g/mol. The van der Waals surface area contributed by atoms with Crippen molar-refractivity contribution in [1.82, 2.24) is 5.32 Å². The number of esters is 1. The summed E-state index contributed by atoms with van der Waals surface area (Å²) in [5.74, 6) is -0.848. The summed E-state index contributed by atoms with van der Waals surface area (Å²) < 4.78 is 5.23. The third-order valence-electron chi connectivity index (χ3n) is 4.51. The lowest BCUT2D eigenvalue weighted by atomic mass is 9.99. The Balaban J connectivity index is 1.68. The first-order chi connectivity index (χ1) is 13.5.